The van der Waals surface area contributed by atoms with E-state index in [0.29, 0.717) is 35.9 Å². The van der Waals surface area contributed by atoms with Crippen LogP contribution < -0.4 is 19.5 Å². The monoisotopic (exact) mass is 424 g/mol. The van der Waals surface area contributed by atoms with Crippen molar-refractivity contribution < 1.29 is 23.8 Å². The molecule has 1 atom stereocenters. The second kappa shape index (κ2) is 10.5. The number of rotatable bonds is 7. The van der Waals surface area contributed by atoms with E-state index in [4.69, 9.17) is 14.2 Å². The normalized spacial score (nSPS) is 16.1. The van der Waals surface area contributed by atoms with Crippen LogP contribution in [0.15, 0.2) is 48.5 Å². The highest BCUT2D eigenvalue weighted by Crippen LogP contribution is 2.35. The average Bonchev–Trinajstić information content (AvgIpc) is 2.82. The Morgan fingerprint density at radius 1 is 1.00 bits per heavy atom. The number of hydrogen-bond acceptors (Lipinski definition) is 5. The first-order valence-corrected chi connectivity index (χ1v) is 10.2. The molecule has 0 aliphatic carbocycles. The Balaban J connectivity index is 1.67. The summed E-state index contributed by atoms with van der Waals surface area (Å²) < 4.78 is 16.0. The minimum Gasteiger partial charge on any atom is -0.496 e. The Morgan fingerprint density at radius 3 is 2.35 bits per heavy atom. The number of nitrogens with one attached hydrogen (secondary N) is 1. The molecule has 0 saturated carbocycles. The third-order valence-corrected chi connectivity index (χ3v) is 5.29. The van der Waals surface area contributed by atoms with Crippen molar-refractivity contribution in [3.63, 3.8) is 0 Å². The van der Waals surface area contributed by atoms with E-state index < -0.39 is 0 Å². The number of hydrogen-bond donors (Lipinski definition) is 1. The van der Waals surface area contributed by atoms with Crippen LogP contribution in [0.25, 0.3) is 6.08 Å². The SMILES string of the molecule is COc1cc(OC)c(OC)cc1/C=C/C(=O)N1CCCC(C(=O)Nc2ccccc2)C1. The van der Waals surface area contributed by atoms with Crippen molar-refractivity contribution in [2.75, 3.05) is 39.7 Å². The Labute approximate surface area is 182 Å². The largest absolute Gasteiger partial charge is 0.496 e. The lowest BCUT2D eigenvalue weighted by molar-refractivity contribution is -0.130. The minimum absolute atomic E-state index is 0.0609. The first-order valence-electron chi connectivity index (χ1n) is 10.2. The van der Waals surface area contributed by atoms with E-state index in [2.05, 4.69) is 5.32 Å². The van der Waals surface area contributed by atoms with Crippen LogP contribution in [0.1, 0.15) is 18.4 Å². The summed E-state index contributed by atoms with van der Waals surface area (Å²) in [6.45, 7) is 1.02. The molecule has 2 amide bonds. The maximum absolute atomic E-state index is 12.8. The minimum atomic E-state index is -0.234. The van der Waals surface area contributed by atoms with Crippen LogP contribution in [0, 0.1) is 5.92 Å². The fourth-order valence-corrected chi connectivity index (χ4v) is 3.61. The number of nitrogens with zero attached hydrogens (tertiary/aromatic N) is 1. The lowest BCUT2D eigenvalue weighted by atomic mass is 9.97. The van der Waals surface area contributed by atoms with E-state index in [9.17, 15) is 9.59 Å². The maximum Gasteiger partial charge on any atom is 0.246 e. The van der Waals surface area contributed by atoms with Crippen molar-refractivity contribution >= 4 is 23.6 Å². The van der Waals surface area contributed by atoms with Gasteiger partial charge in [0.25, 0.3) is 0 Å². The van der Waals surface area contributed by atoms with Gasteiger partial charge in [-0.25, -0.2) is 0 Å². The third-order valence-electron chi connectivity index (χ3n) is 5.29. The van der Waals surface area contributed by atoms with E-state index in [0.717, 1.165) is 18.5 Å². The summed E-state index contributed by atoms with van der Waals surface area (Å²) in [5.74, 6) is 1.22. The quantitative estimate of drug-likeness (QED) is 0.687. The molecule has 0 bridgehead atoms. The van der Waals surface area contributed by atoms with Crippen LogP contribution in [0.4, 0.5) is 5.69 Å². The number of benzene rings is 2. The number of carbonyl (C=O) groups is 2. The highest BCUT2D eigenvalue weighted by Gasteiger charge is 2.27. The molecule has 1 aliphatic heterocycles. The van der Waals surface area contributed by atoms with Gasteiger partial charge in [0.05, 0.1) is 27.2 Å². The number of amides is 2. The topological polar surface area (TPSA) is 77.1 Å². The van der Waals surface area contributed by atoms with Crippen molar-refractivity contribution in [2.24, 2.45) is 5.92 Å². The summed E-state index contributed by atoms with van der Waals surface area (Å²) in [6, 6.07) is 12.8. The average molecular weight is 424 g/mol. The zero-order chi connectivity index (χ0) is 22.2. The molecule has 2 aromatic carbocycles. The first-order chi connectivity index (χ1) is 15.0. The predicted molar refractivity (Wildman–Crippen MR) is 120 cm³/mol. The van der Waals surface area contributed by atoms with Crippen LogP contribution in [0.2, 0.25) is 0 Å². The number of ether oxygens (including phenoxy) is 3. The van der Waals surface area contributed by atoms with E-state index in [1.165, 1.54) is 6.08 Å². The van der Waals surface area contributed by atoms with Crippen molar-refractivity contribution in [3.8, 4) is 17.2 Å². The van der Waals surface area contributed by atoms with E-state index in [1.807, 2.05) is 30.3 Å². The summed E-state index contributed by atoms with van der Waals surface area (Å²) in [5.41, 5.74) is 1.46. The maximum atomic E-state index is 12.8. The lowest BCUT2D eigenvalue weighted by Crippen LogP contribution is -2.43. The lowest BCUT2D eigenvalue weighted by Gasteiger charge is -2.31. The van der Waals surface area contributed by atoms with Gasteiger partial charge in [-0.1, -0.05) is 18.2 Å². The molecule has 7 nitrogen and oxygen atoms in total. The second-order valence-corrected chi connectivity index (χ2v) is 7.26. The van der Waals surface area contributed by atoms with Crippen LogP contribution in [0.3, 0.4) is 0 Å². The third kappa shape index (κ3) is 5.57. The molecule has 1 fully saturated rings. The fraction of sp³-hybridized carbons (Fsp3) is 0.333. The van der Waals surface area contributed by atoms with E-state index in [1.54, 1.807) is 44.4 Å². The Hall–Kier alpha value is -3.48. The van der Waals surface area contributed by atoms with Gasteiger partial charge >= 0.3 is 0 Å². The number of carbonyl (C=O) groups excluding carboxylic acids is 2. The molecule has 164 valence electrons. The Morgan fingerprint density at radius 2 is 1.68 bits per heavy atom. The van der Waals surface area contributed by atoms with E-state index in [-0.39, 0.29) is 17.7 Å². The number of anilines is 1. The number of piperidine rings is 1. The standard InChI is InChI=1S/C24H28N2O5/c1-29-20-15-22(31-3)21(30-2)14-17(20)11-12-23(27)26-13-7-8-18(16-26)24(28)25-19-9-5-4-6-10-19/h4-6,9-12,14-15,18H,7-8,13,16H2,1-3H3,(H,25,28)/b12-11+. The highest BCUT2D eigenvalue weighted by atomic mass is 16.5. The molecule has 3 rings (SSSR count). The summed E-state index contributed by atoms with van der Waals surface area (Å²) in [4.78, 5) is 27.1. The Bertz CT molecular complexity index is 942. The molecule has 1 saturated heterocycles. The molecular weight excluding hydrogens is 396 g/mol. The molecule has 0 aromatic heterocycles. The van der Waals surface area contributed by atoms with Gasteiger partial charge in [0.15, 0.2) is 11.5 Å². The molecule has 0 radical (unpaired) electrons. The zero-order valence-corrected chi connectivity index (χ0v) is 18.1. The van der Waals surface area contributed by atoms with Gasteiger partial charge in [0, 0.05) is 36.5 Å². The molecule has 2 aromatic rings. The summed E-state index contributed by atoms with van der Waals surface area (Å²) in [7, 11) is 4.66. The second-order valence-electron chi connectivity index (χ2n) is 7.26. The van der Waals surface area contributed by atoms with Gasteiger partial charge in [-0.05, 0) is 37.1 Å². The molecule has 0 spiro atoms. The van der Waals surface area contributed by atoms with Gasteiger partial charge in [0.1, 0.15) is 5.75 Å². The van der Waals surface area contributed by atoms with Crippen LogP contribution in [-0.4, -0.2) is 51.1 Å². The van der Waals surface area contributed by atoms with Gasteiger partial charge in [-0.2, -0.15) is 0 Å². The van der Waals surface area contributed by atoms with E-state index >= 15 is 0 Å². The summed E-state index contributed by atoms with van der Waals surface area (Å²) in [6.07, 6.45) is 4.74. The molecule has 7 heteroatoms. The summed E-state index contributed by atoms with van der Waals surface area (Å²) >= 11 is 0. The van der Waals surface area contributed by atoms with Crippen LogP contribution >= 0.6 is 0 Å². The molecule has 1 N–H and O–H groups in total. The van der Waals surface area contributed by atoms with Gasteiger partial charge in [-0.15, -0.1) is 0 Å². The fourth-order valence-electron chi connectivity index (χ4n) is 3.61. The Kier molecular flexibility index (Phi) is 7.54. The molecule has 1 heterocycles. The van der Waals surface area contributed by atoms with Crippen LogP contribution in [-0.2, 0) is 9.59 Å². The zero-order valence-electron chi connectivity index (χ0n) is 18.1. The molecule has 1 unspecified atom stereocenters. The van der Waals surface area contributed by atoms with Gasteiger partial charge < -0.3 is 24.4 Å². The van der Waals surface area contributed by atoms with Crippen molar-refractivity contribution in [1.82, 2.24) is 4.90 Å². The van der Waals surface area contributed by atoms with Crippen molar-refractivity contribution in [1.29, 1.82) is 0 Å². The highest BCUT2D eigenvalue weighted by molar-refractivity contribution is 5.95. The van der Waals surface area contributed by atoms with Crippen molar-refractivity contribution in [3.05, 3.63) is 54.1 Å². The first kappa shape index (κ1) is 22.2. The van der Waals surface area contributed by atoms with Gasteiger partial charge in [0.2, 0.25) is 11.8 Å². The van der Waals surface area contributed by atoms with Gasteiger partial charge in [-0.3, -0.25) is 9.59 Å². The van der Waals surface area contributed by atoms with Crippen molar-refractivity contribution in [2.45, 2.75) is 12.8 Å². The van der Waals surface area contributed by atoms with Crippen LogP contribution in [0.5, 0.6) is 17.2 Å². The molecular formula is C24H28N2O5. The molecule has 31 heavy (non-hydrogen) atoms. The molecule has 1 aliphatic rings. The number of likely N-dealkylation sites (tertiary alicyclic amines) is 1. The number of methoxy groups -OCH3 is 3. The summed E-state index contributed by atoms with van der Waals surface area (Å²) in [5, 5.41) is 2.93. The smallest absolute Gasteiger partial charge is 0.246 e. The number of para-hydroxylation sites is 1. The predicted octanol–water partition coefficient (Wildman–Crippen LogP) is 3.60.